The minimum atomic E-state index is 0.454. The molecule has 0 amide bonds. The molecule has 74 valence electrons. The van der Waals surface area contributed by atoms with Crippen molar-refractivity contribution in [3.8, 4) is 11.5 Å². The maximum absolute atomic E-state index is 5.87. The van der Waals surface area contributed by atoms with E-state index >= 15 is 0 Å². The first kappa shape index (κ1) is 9.34. The summed E-state index contributed by atoms with van der Waals surface area (Å²) in [4.78, 5) is 0. The predicted molar refractivity (Wildman–Crippen MR) is 55.2 cm³/mol. The van der Waals surface area contributed by atoms with Gasteiger partial charge in [-0.3, -0.25) is 5.10 Å². The molecule has 2 heterocycles. The maximum atomic E-state index is 5.87. The Labute approximate surface area is 87.1 Å². The second-order valence-electron chi connectivity index (χ2n) is 2.99. The lowest BCUT2D eigenvalue weighted by atomic mass is 10.1. The summed E-state index contributed by atoms with van der Waals surface area (Å²) in [6, 6.07) is 3.72. The van der Waals surface area contributed by atoms with Crippen LogP contribution in [0.2, 0.25) is 0 Å². The van der Waals surface area contributed by atoms with Crippen LogP contribution in [0.25, 0.3) is 11.5 Å². The van der Waals surface area contributed by atoms with E-state index in [-0.39, 0.29) is 0 Å². The van der Waals surface area contributed by atoms with Gasteiger partial charge in [0.2, 0.25) is 0 Å². The van der Waals surface area contributed by atoms with E-state index in [1.165, 1.54) is 0 Å². The van der Waals surface area contributed by atoms with Gasteiger partial charge in [0, 0.05) is 11.3 Å². The summed E-state index contributed by atoms with van der Waals surface area (Å²) >= 11 is 5.87. The van der Waals surface area contributed by atoms with Gasteiger partial charge in [-0.05, 0) is 18.6 Å². The summed E-state index contributed by atoms with van der Waals surface area (Å²) < 4.78 is 5.28. The molecule has 0 atom stereocenters. The van der Waals surface area contributed by atoms with Gasteiger partial charge in [0.05, 0.1) is 12.1 Å². The lowest BCUT2D eigenvalue weighted by Gasteiger charge is -1.96. The highest BCUT2D eigenvalue weighted by molar-refractivity contribution is 6.17. The predicted octanol–water partition coefficient (Wildman–Crippen LogP) is 2.97. The Kier molecular flexibility index (Phi) is 2.59. The van der Waals surface area contributed by atoms with E-state index in [0.717, 1.165) is 29.1 Å². The molecular weight excluding hydrogens is 200 g/mol. The Morgan fingerprint density at radius 1 is 1.57 bits per heavy atom. The molecule has 0 radical (unpaired) electrons. The average molecular weight is 211 g/mol. The fraction of sp³-hybridized carbons (Fsp3) is 0.300. The zero-order chi connectivity index (χ0) is 9.97. The van der Waals surface area contributed by atoms with E-state index in [0.29, 0.717) is 5.88 Å². The van der Waals surface area contributed by atoms with E-state index < -0.39 is 0 Å². The van der Waals surface area contributed by atoms with Crippen molar-refractivity contribution in [2.24, 2.45) is 0 Å². The van der Waals surface area contributed by atoms with E-state index in [4.69, 9.17) is 16.0 Å². The van der Waals surface area contributed by atoms with Gasteiger partial charge in [0.25, 0.3) is 0 Å². The van der Waals surface area contributed by atoms with Crippen molar-refractivity contribution in [1.29, 1.82) is 0 Å². The summed E-state index contributed by atoms with van der Waals surface area (Å²) in [7, 11) is 0. The highest BCUT2D eigenvalue weighted by Gasteiger charge is 2.14. The molecule has 1 N–H and O–H groups in total. The Bertz CT molecular complexity index is 406. The largest absolute Gasteiger partial charge is 0.463 e. The smallest absolute Gasteiger partial charge is 0.154 e. The zero-order valence-corrected chi connectivity index (χ0v) is 8.64. The van der Waals surface area contributed by atoms with Gasteiger partial charge >= 0.3 is 0 Å². The molecule has 14 heavy (non-hydrogen) atoms. The molecule has 0 aliphatic rings. The van der Waals surface area contributed by atoms with Crippen LogP contribution >= 0.6 is 11.6 Å². The van der Waals surface area contributed by atoms with Crippen molar-refractivity contribution < 1.29 is 4.42 Å². The molecule has 0 saturated carbocycles. The van der Waals surface area contributed by atoms with Crippen molar-refractivity contribution in [3.05, 3.63) is 29.7 Å². The minimum absolute atomic E-state index is 0.454. The number of nitrogens with one attached hydrogen (secondary N) is 1. The molecule has 3 nitrogen and oxygen atoms in total. The molecule has 0 aliphatic heterocycles. The topological polar surface area (TPSA) is 41.8 Å². The summed E-state index contributed by atoms with van der Waals surface area (Å²) in [5, 5.41) is 7.17. The van der Waals surface area contributed by atoms with Crippen LogP contribution in [0, 0.1) is 0 Å². The van der Waals surface area contributed by atoms with E-state index in [2.05, 4.69) is 17.1 Å². The summed E-state index contributed by atoms with van der Waals surface area (Å²) in [5.74, 6) is 1.21. The third kappa shape index (κ3) is 1.44. The number of aromatic nitrogens is 2. The SMILES string of the molecule is CCc1[nH]nc(-c2ccco2)c1CCl. The maximum Gasteiger partial charge on any atom is 0.154 e. The summed E-state index contributed by atoms with van der Waals surface area (Å²) in [6.07, 6.45) is 2.53. The number of H-pyrrole nitrogens is 1. The van der Waals surface area contributed by atoms with Crippen LogP contribution in [0.3, 0.4) is 0 Å². The van der Waals surface area contributed by atoms with Crippen LogP contribution in [0.5, 0.6) is 0 Å². The number of hydrogen-bond acceptors (Lipinski definition) is 2. The molecule has 0 aromatic carbocycles. The number of furan rings is 1. The van der Waals surface area contributed by atoms with Crippen LogP contribution in [0.1, 0.15) is 18.2 Å². The standard InChI is InChI=1S/C10H11ClN2O/c1-2-8-7(6-11)10(13-12-8)9-4-3-5-14-9/h3-5H,2,6H2,1H3,(H,12,13). The molecule has 0 bridgehead atoms. The van der Waals surface area contributed by atoms with Gasteiger partial charge in [-0.15, -0.1) is 11.6 Å². The van der Waals surface area contributed by atoms with Crippen molar-refractivity contribution in [1.82, 2.24) is 10.2 Å². The molecular formula is C10H11ClN2O. The third-order valence-corrected chi connectivity index (χ3v) is 2.46. The third-order valence-electron chi connectivity index (χ3n) is 2.19. The van der Waals surface area contributed by atoms with Crippen LogP contribution in [0.15, 0.2) is 22.8 Å². The van der Waals surface area contributed by atoms with Gasteiger partial charge in [-0.1, -0.05) is 6.92 Å². The van der Waals surface area contributed by atoms with Crippen molar-refractivity contribution in [2.45, 2.75) is 19.2 Å². The molecule has 2 aromatic rings. The lowest BCUT2D eigenvalue weighted by molar-refractivity contribution is 0.579. The monoisotopic (exact) mass is 210 g/mol. The summed E-state index contributed by atoms with van der Waals surface area (Å²) in [5.41, 5.74) is 2.93. The quantitative estimate of drug-likeness (QED) is 0.792. The second kappa shape index (κ2) is 3.88. The molecule has 2 rings (SSSR count). The van der Waals surface area contributed by atoms with Crippen LogP contribution in [-0.4, -0.2) is 10.2 Å². The number of nitrogens with zero attached hydrogens (tertiary/aromatic N) is 1. The molecule has 0 aliphatic carbocycles. The fourth-order valence-electron chi connectivity index (χ4n) is 1.45. The zero-order valence-electron chi connectivity index (χ0n) is 7.88. The Morgan fingerprint density at radius 3 is 3.00 bits per heavy atom. The normalized spacial score (nSPS) is 10.7. The number of hydrogen-bond donors (Lipinski definition) is 1. The minimum Gasteiger partial charge on any atom is -0.463 e. The average Bonchev–Trinajstić information content (AvgIpc) is 2.85. The van der Waals surface area contributed by atoms with Gasteiger partial charge in [-0.25, -0.2) is 0 Å². The van der Waals surface area contributed by atoms with Crippen LogP contribution in [-0.2, 0) is 12.3 Å². The Hall–Kier alpha value is -1.22. The van der Waals surface area contributed by atoms with E-state index in [9.17, 15) is 0 Å². The molecule has 0 fully saturated rings. The molecule has 2 aromatic heterocycles. The van der Waals surface area contributed by atoms with Crippen LogP contribution in [0.4, 0.5) is 0 Å². The highest BCUT2D eigenvalue weighted by Crippen LogP contribution is 2.25. The Balaban J connectivity index is 2.48. The highest BCUT2D eigenvalue weighted by atomic mass is 35.5. The lowest BCUT2D eigenvalue weighted by Crippen LogP contribution is -1.86. The fourth-order valence-corrected chi connectivity index (χ4v) is 1.74. The number of alkyl halides is 1. The second-order valence-corrected chi connectivity index (χ2v) is 3.26. The van der Waals surface area contributed by atoms with Crippen molar-refractivity contribution in [2.75, 3.05) is 0 Å². The van der Waals surface area contributed by atoms with Gasteiger partial charge in [0.15, 0.2) is 5.76 Å². The van der Waals surface area contributed by atoms with Gasteiger partial charge in [-0.2, -0.15) is 5.10 Å². The molecule has 4 heteroatoms. The molecule has 0 spiro atoms. The van der Waals surface area contributed by atoms with Crippen molar-refractivity contribution >= 4 is 11.6 Å². The number of aryl methyl sites for hydroxylation is 1. The van der Waals surface area contributed by atoms with E-state index in [1.807, 2.05) is 12.1 Å². The number of aromatic amines is 1. The first-order valence-corrected chi connectivity index (χ1v) is 5.06. The van der Waals surface area contributed by atoms with E-state index in [1.54, 1.807) is 6.26 Å². The van der Waals surface area contributed by atoms with Gasteiger partial charge in [0.1, 0.15) is 5.69 Å². The van der Waals surface area contributed by atoms with Crippen molar-refractivity contribution in [3.63, 3.8) is 0 Å². The molecule has 0 saturated heterocycles. The Morgan fingerprint density at radius 2 is 2.43 bits per heavy atom. The summed E-state index contributed by atoms with van der Waals surface area (Å²) in [6.45, 7) is 2.06. The van der Waals surface area contributed by atoms with Crippen LogP contribution < -0.4 is 0 Å². The number of halogens is 1. The molecule has 0 unspecified atom stereocenters. The first-order chi connectivity index (χ1) is 6.86. The van der Waals surface area contributed by atoms with Gasteiger partial charge < -0.3 is 4.42 Å². The number of rotatable bonds is 3. The first-order valence-electron chi connectivity index (χ1n) is 4.52.